The maximum absolute atomic E-state index is 9.51. The first-order valence-corrected chi connectivity index (χ1v) is 7.59. The smallest absolute Gasteiger partial charge is 0.106 e. The van der Waals surface area contributed by atoms with Crippen LogP contribution >= 0.6 is 0 Å². The lowest BCUT2D eigenvalue weighted by Gasteiger charge is -2.19. The third-order valence-electron chi connectivity index (χ3n) is 3.23. The van der Waals surface area contributed by atoms with Crippen molar-refractivity contribution < 1.29 is 34.6 Å². The summed E-state index contributed by atoms with van der Waals surface area (Å²) in [4.78, 5) is 0. The number of ether oxygens (including phenoxy) is 3. The first-order valence-electron chi connectivity index (χ1n) is 7.59. The van der Waals surface area contributed by atoms with Gasteiger partial charge in [-0.25, -0.2) is 0 Å². The van der Waals surface area contributed by atoms with Gasteiger partial charge >= 0.3 is 0 Å². The zero-order valence-electron chi connectivity index (χ0n) is 13.2. The quantitative estimate of drug-likeness (QED) is 0.369. The molecule has 7 heteroatoms. The molecule has 0 heterocycles. The number of benzene rings is 1. The van der Waals surface area contributed by atoms with Crippen LogP contribution in [-0.4, -0.2) is 66.7 Å². The van der Waals surface area contributed by atoms with E-state index in [9.17, 15) is 15.3 Å². The molecule has 7 nitrogen and oxygen atoms in total. The minimum absolute atomic E-state index is 0.0125. The average molecular weight is 330 g/mol. The fraction of sp³-hybridized carbons (Fsp3) is 0.625. The highest BCUT2D eigenvalue weighted by molar-refractivity contribution is 5.33. The molecule has 23 heavy (non-hydrogen) atoms. The first kappa shape index (κ1) is 20.0. The van der Waals surface area contributed by atoms with Crippen LogP contribution in [0.25, 0.3) is 0 Å². The number of hydrogen-bond donors (Lipinski definition) is 4. The summed E-state index contributed by atoms with van der Waals surface area (Å²) in [7, 11) is 0. The lowest BCUT2D eigenvalue weighted by Crippen LogP contribution is -2.16. The molecular formula is C16H26O7. The van der Waals surface area contributed by atoms with Gasteiger partial charge in [0.05, 0.1) is 59.5 Å². The molecule has 0 fully saturated rings. The fourth-order valence-corrected chi connectivity index (χ4v) is 2.06. The summed E-state index contributed by atoms with van der Waals surface area (Å²) in [5, 5.41) is 36.6. The molecular weight excluding hydrogens is 304 g/mol. The van der Waals surface area contributed by atoms with Gasteiger partial charge in [0.1, 0.15) is 6.10 Å². The molecule has 0 aliphatic rings. The average Bonchev–Trinajstić information content (AvgIpc) is 2.60. The molecule has 1 rings (SSSR count). The summed E-state index contributed by atoms with van der Waals surface area (Å²) in [6, 6.07) is 5.15. The fourth-order valence-electron chi connectivity index (χ4n) is 2.06. The molecule has 1 aromatic carbocycles. The second-order valence-corrected chi connectivity index (χ2v) is 4.84. The highest BCUT2D eigenvalue weighted by Gasteiger charge is 2.15. The van der Waals surface area contributed by atoms with Gasteiger partial charge in [0.15, 0.2) is 0 Å². The van der Waals surface area contributed by atoms with Crippen molar-refractivity contribution in [3.8, 4) is 0 Å². The molecule has 0 bridgehead atoms. The molecule has 0 radical (unpaired) electrons. The Kier molecular flexibility index (Phi) is 10.8. The van der Waals surface area contributed by atoms with Crippen LogP contribution in [0.4, 0.5) is 0 Å². The highest BCUT2D eigenvalue weighted by atomic mass is 16.5. The lowest BCUT2D eigenvalue weighted by atomic mass is 10.00. The van der Waals surface area contributed by atoms with Gasteiger partial charge in [-0.15, -0.1) is 0 Å². The van der Waals surface area contributed by atoms with E-state index in [0.717, 1.165) is 0 Å². The summed E-state index contributed by atoms with van der Waals surface area (Å²) < 4.78 is 16.0. The van der Waals surface area contributed by atoms with Crippen LogP contribution in [0.5, 0.6) is 0 Å². The molecule has 1 unspecified atom stereocenters. The molecule has 0 aliphatic carbocycles. The van der Waals surface area contributed by atoms with Crippen molar-refractivity contribution in [3.63, 3.8) is 0 Å². The van der Waals surface area contributed by atoms with Crippen molar-refractivity contribution in [1.82, 2.24) is 0 Å². The molecule has 1 atom stereocenters. The van der Waals surface area contributed by atoms with Crippen LogP contribution in [0.3, 0.4) is 0 Å². The van der Waals surface area contributed by atoms with Crippen molar-refractivity contribution in [2.75, 3.05) is 46.2 Å². The maximum Gasteiger partial charge on any atom is 0.106 e. The minimum Gasteiger partial charge on any atom is -0.394 e. The molecule has 0 aromatic heterocycles. The Labute approximate surface area is 136 Å². The third-order valence-corrected chi connectivity index (χ3v) is 3.23. The summed E-state index contributed by atoms with van der Waals surface area (Å²) >= 11 is 0. The zero-order valence-corrected chi connectivity index (χ0v) is 13.2. The van der Waals surface area contributed by atoms with Crippen LogP contribution in [-0.2, 0) is 27.4 Å². The molecule has 0 saturated heterocycles. The number of rotatable bonds is 13. The lowest BCUT2D eigenvalue weighted by molar-refractivity contribution is -0.0320. The molecule has 0 spiro atoms. The molecule has 1 aromatic rings. The van der Waals surface area contributed by atoms with E-state index in [-0.39, 0.29) is 39.6 Å². The predicted octanol–water partition coefficient (Wildman–Crippen LogP) is -0.253. The van der Waals surface area contributed by atoms with Gasteiger partial charge in [0, 0.05) is 0 Å². The number of hydrogen-bond acceptors (Lipinski definition) is 7. The standard InChI is InChI=1S/C16H26O7/c17-3-4-21-5-6-22-7-8-23-16(12-20)15-9-13(10-18)1-2-14(15)11-19/h1-2,9,16-20H,3-8,10-12H2. The molecule has 0 amide bonds. The van der Waals surface area contributed by atoms with Crippen LogP contribution in [0.2, 0.25) is 0 Å². The van der Waals surface area contributed by atoms with Crippen LogP contribution in [0.15, 0.2) is 18.2 Å². The highest BCUT2D eigenvalue weighted by Crippen LogP contribution is 2.23. The van der Waals surface area contributed by atoms with Crippen molar-refractivity contribution >= 4 is 0 Å². The van der Waals surface area contributed by atoms with E-state index in [4.69, 9.17) is 19.3 Å². The van der Waals surface area contributed by atoms with Crippen molar-refractivity contribution in [1.29, 1.82) is 0 Å². The van der Waals surface area contributed by atoms with Crippen molar-refractivity contribution in [2.45, 2.75) is 19.3 Å². The molecule has 4 N–H and O–H groups in total. The summed E-state index contributed by atoms with van der Waals surface area (Å²) in [6.45, 7) is 1.17. The molecule has 0 saturated carbocycles. The van der Waals surface area contributed by atoms with Gasteiger partial charge in [-0.3, -0.25) is 0 Å². The van der Waals surface area contributed by atoms with Gasteiger partial charge < -0.3 is 34.6 Å². The van der Waals surface area contributed by atoms with Crippen LogP contribution in [0, 0.1) is 0 Å². The van der Waals surface area contributed by atoms with Crippen LogP contribution in [0.1, 0.15) is 22.8 Å². The Bertz CT molecular complexity index is 425. The van der Waals surface area contributed by atoms with Gasteiger partial charge in [-0.2, -0.15) is 0 Å². The van der Waals surface area contributed by atoms with E-state index in [1.54, 1.807) is 18.2 Å². The maximum atomic E-state index is 9.51. The topological polar surface area (TPSA) is 109 Å². The van der Waals surface area contributed by atoms with E-state index in [1.165, 1.54) is 0 Å². The predicted molar refractivity (Wildman–Crippen MR) is 82.8 cm³/mol. The van der Waals surface area contributed by atoms with Crippen molar-refractivity contribution in [3.05, 3.63) is 34.9 Å². The van der Waals surface area contributed by atoms with Gasteiger partial charge in [-0.05, 0) is 16.7 Å². The third kappa shape index (κ3) is 7.36. The minimum atomic E-state index is -0.585. The zero-order chi connectivity index (χ0) is 16.9. The summed E-state index contributed by atoms with van der Waals surface area (Å²) in [6.07, 6.45) is -0.585. The van der Waals surface area contributed by atoms with Gasteiger partial charge in [0.25, 0.3) is 0 Å². The second kappa shape index (κ2) is 12.4. The van der Waals surface area contributed by atoms with E-state index in [0.29, 0.717) is 36.5 Å². The normalized spacial score (nSPS) is 12.5. The monoisotopic (exact) mass is 330 g/mol. The SMILES string of the molecule is OCCOCCOCCOC(CO)c1cc(CO)ccc1CO. The Balaban J connectivity index is 2.41. The summed E-state index contributed by atoms with van der Waals surface area (Å²) in [5.41, 5.74) is 2.00. The van der Waals surface area contributed by atoms with Gasteiger partial charge in [-0.1, -0.05) is 18.2 Å². The summed E-state index contributed by atoms with van der Waals surface area (Å²) in [5.74, 6) is 0. The number of aliphatic hydroxyl groups excluding tert-OH is 4. The Hall–Kier alpha value is -1.06. The number of aliphatic hydroxyl groups is 4. The molecule has 0 aliphatic heterocycles. The molecule has 132 valence electrons. The van der Waals surface area contributed by atoms with Crippen molar-refractivity contribution in [2.24, 2.45) is 0 Å². The Morgan fingerprint density at radius 3 is 2.13 bits per heavy atom. The Morgan fingerprint density at radius 2 is 1.52 bits per heavy atom. The van der Waals surface area contributed by atoms with E-state index in [1.807, 2.05) is 0 Å². The largest absolute Gasteiger partial charge is 0.394 e. The van der Waals surface area contributed by atoms with Gasteiger partial charge in [0.2, 0.25) is 0 Å². The van der Waals surface area contributed by atoms with E-state index >= 15 is 0 Å². The Morgan fingerprint density at radius 1 is 0.826 bits per heavy atom. The second-order valence-electron chi connectivity index (χ2n) is 4.84. The first-order chi connectivity index (χ1) is 11.3. The van der Waals surface area contributed by atoms with E-state index < -0.39 is 6.10 Å². The van der Waals surface area contributed by atoms with Crippen LogP contribution < -0.4 is 0 Å². The van der Waals surface area contributed by atoms with E-state index in [2.05, 4.69) is 0 Å².